The Morgan fingerprint density at radius 1 is 0.872 bits per heavy atom. The highest BCUT2D eigenvalue weighted by Crippen LogP contribution is 2.28. The Morgan fingerprint density at radius 3 is 2.03 bits per heavy atom. The summed E-state index contributed by atoms with van der Waals surface area (Å²) in [5, 5.41) is 3.52. The minimum atomic E-state index is -4.12. The van der Waals surface area contributed by atoms with Gasteiger partial charge >= 0.3 is 0 Å². The van der Waals surface area contributed by atoms with Crippen LogP contribution in [-0.4, -0.2) is 44.3 Å². The van der Waals surface area contributed by atoms with Crippen LogP contribution in [0.15, 0.2) is 77.7 Å². The van der Waals surface area contributed by atoms with E-state index in [1.54, 1.807) is 67.6 Å². The molecule has 0 fully saturated rings. The van der Waals surface area contributed by atoms with Gasteiger partial charge in [0.1, 0.15) is 12.6 Å². The van der Waals surface area contributed by atoms with Crippen LogP contribution in [0.5, 0.6) is 0 Å². The molecule has 0 radical (unpaired) electrons. The molecule has 0 aromatic heterocycles. The van der Waals surface area contributed by atoms with E-state index in [1.807, 2.05) is 20.8 Å². The Hall–Kier alpha value is -3.07. The molecule has 3 rings (SSSR count). The van der Waals surface area contributed by atoms with Crippen LogP contribution in [0.1, 0.15) is 31.9 Å². The zero-order valence-corrected chi connectivity index (χ0v) is 24.7. The van der Waals surface area contributed by atoms with Crippen LogP contribution >= 0.6 is 23.2 Å². The lowest BCUT2D eigenvalue weighted by Gasteiger charge is -2.32. The third-order valence-corrected chi connectivity index (χ3v) is 8.67. The molecule has 3 aromatic carbocycles. The van der Waals surface area contributed by atoms with Gasteiger partial charge in [-0.3, -0.25) is 13.9 Å². The number of amides is 2. The van der Waals surface area contributed by atoms with Crippen molar-refractivity contribution in [2.24, 2.45) is 5.92 Å². The lowest BCUT2D eigenvalue weighted by molar-refractivity contribution is -0.139. The van der Waals surface area contributed by atoms with Crippen LogP contribution in [0.4, 0.5) is 5.69 Å². The number of nitrogens with zero attached hydrogens (tertiary/aromatic N) is 2. The smallest absolute Gasteiger partial charge is 0.264 e. The molecule has 1 atom stereocenters. The maximum Gasteiger partial charge on any atom is 0.264 e. The largest absolute Gasteiger partial charge is 0.354 e. The van der Waals surface area contributed by atoms with Gasteiger partial charge in [0.2, 0.25) is 11.8 Å². The predicted molar refractivity (Wildman–Crippen MR) is 156 cm³/mol. The fourth-order valence-electron chi connectivity index (χ4n) is 3.85. The molecule has 0 aliphatic rings. The zero-order valence-electron chi connectivity index (χ0n) is 22.4. The second-order valence-electron chi connectivity index (χ2n) is 9.70. The molecule has 0 heterocycles. The van der Waals surface area contributed by atoms with Crippen molar-refractivity contribution in [1.29, 1.82) is 0 Å². The average molecular weight is 591 g/mol. The molecule has 10 heteroatoms. The average Bonchev–Trinajstić information content (AvgIpc) is 2.90. The van der Waals surface area contributed by atoms with Crippen molar-refractivity contribution >= 4 is 50.7 Å². The van der Waals surface area contributed by atoms with E-state index in [1.165, 1.54) is 17.0 Å². The first kappa shape index (κ1) is 30.5. The minimum absolute atomic E-state index is 0.0433. The highest BCUT2D eigenvalue weighted by atomic mass is 35.5. The second-order valence-corrected chi connectivity index (χ2v) is 12.4. The van der Waals surface area contributed by atoms with Crippen LogP contribution in [-0.2, 0) is 26.2 Å². The number of hydrogen-bond acceptors (Lipinski definition) is 4. The van der Waals surface area contributed by atoms with Gasteiger partial charge in [-0.2, -0.15) is 0 Å². The van der Waals surface area contributed by atoms with Gasteiger partial charge in [0.25, 0.3) is 10.0 Å². The van der Waals surface area contributed by atoms with E-state index < -0.39 is 28.5 Å². The first-order valence-corrected chi connectivity index (χ1v) is 14.8. The molecule has 0 bridgehead atoms. The summed E-state index contributed by atoms with van der Waals surface area (Å²) in [6.07, 6.45) is 0. The van der Waals surface area contributed by atoms with E-state index in [9.17, 15) is 18.0 Å². The topological polar surface area (TPSA) is 86.8 Å². The van der Waals surface area contributed by atoms with Crippen molar-refractivity contribution in [3.63, 3.8) is 0 Å². The molecule has 39 heavy (non-hydrogen) atoms. The summed E-state index contributed by atoms with van der Waals surface area (Å²) < 4.78 is 28.6. The molecule has 0 saturated heterocycles. The lowest BCUT2D eigenvalue weighted by Crippen LogP contribution is -2.51. The van der Waals surface area contributed by atoms with Gasteiger partial charge in [0.05, 0.1) is 10.6 Å². The van der Waals surface area contributed by atoms with Gasteiger partial charge in [-0.25, -0.2) is 8.42 Å². The van der Waals surface area contributed by atoms with Gasteiger partial charge in [0, 0.05) is 28.7 Å². The maximum absolute atomic E-state index is 13.9. The highest BCUT2D eigenvalue weighted by molar-refractivity contribution is 7.92. The van der Waals surface area contributed by atoms with E-state index in [-0.39, 0.29) is 23.3 Å². The third-order valence-electron chi connectivity index (χ3n) is 6.17. The van der Waals surface area contributed by atoms with E-state index >= 15 is 0 Å². The van der Waals surface area contributed by atoms with E-state index in [2.05, 4.69) is 5.32 Å². The number of carbonyl (C=O) groups is 2. The standard InChI is InChI=1S/C29H33Cl2N3O4S/c1-20(2)17-32-29(36)22(4)33(18-25-26(30)11-8-12-27(25)31)28(35)19-34(23-15-13-21(3)14-16-23)39(37,38)24-9-6-5-7-10-24/h5-16,20,22H,17-19H2,1-4H3,(H,32,36)/t22-/m0/s1. The third kappa shape index (κ3) is 7.75. The molecule has 0 unspecified atom stereocenters. The number of hydrogen-bond donors (Lipinski definition) is 1. The molecule has 208 valence electrons. The molecule has 0 saturated carbocycles. The Morgan fingerprint density at radius 2 is 1.46 bits per heavy atom. The Labute approximate surface area is 240 Å². The highest BCUT2D eigenvalue weighted by Gasteiger charge is 2.33. The molecule has 7 nitrogen and oxygen atoms in total. The summed E-state index contributed by atoms with van der Waals surface area (Å²) in [6.45, 7) is 7.22. The molecule has 0 aliphatic carbocycles. The van der Waals surface area contributed by atoms with Gasteiger partial charge in [-0.1, -0.05) is 79.0 Å². The second kappa shape index (κ2) is 13.3. The van der Waals surface area contributed by atoms with E-state index in [4.69, 9.17) is 23.2 Å². The van der Waals surface area contributed by atoms with Crippen LogP contribution in [0.3, 0.4) is 0 Å². The zero-order chi connectivity index (χ0) is 28.7. The molecular formula is C29H33Cl2N3O4S. The Kier molecular flexibility index (Phi) is 10.4. The van der Waals surface area contributed by atoms with Crippen molar-refractivity contribution < 1.29 is 18.0 Å². The van der Waals surface area contributed by atoms with Crippen molar-refractivity contribution in [1.82, 2.24) is 10.2 Å². The van der Waals surface area contributed by atoms with E-state index in [0.717, 1.165) is 9.87 Å². The van der Waals surface area contributed by atoms with Crippen molar-refractivity contribution in [3.05, 3.63) is 94.0 Å². The number of benzene rings is 3. The number of aryl methyl sites for hydroxylation is 1. The fraction of sp³-hybridized carbons (Fsp3) is 0.310. The summed E-state index contributed by atoms with van der Waals surface area (Å²) in [5.74, 6) is -0.748. The van der Waals surface area contributed by atoms with Gasteiger partial charge in [-0.15, -0.1) is 0 Å². The SMILES string of the molecule is Cc1ccc(N(CC(=O)N(Cc2c(Cl)cccc2Cl)[C@@H](C)C(=O)NCC(C)C)S(=O)(=O)c2ccccc2)cc1. The summed E-state index contributed by atoms with van der Waals surface area (Å²) in [5.41, 5.74) is 1.73. The number of anilines is 1. The number of nitrogens with one attached hydrogen (secondary N) is 1. The van der Waals surface area contributed by atoms with Gasteiger partial charge in [0.15, 0.2) is 0 Å². The monoisotopic (exact) mass is 589 g/mol. The molecule has 2 amide bonds. The number of halogens is 2. The summed E-state index contributed by atoms with van der Waals surface area (Å²) in [6, 6.07) is 18.8. The molecular weight excluding hydrogens is 557 g/mol. The summed E-state index contributed by atoms with van der Waals surface area (Å²) >= 11 is 12.8. The van der Waals surface area contributed by atoms with Crippen LogP contribution in [0, 0.1) is 12.8 Å². The van der Waals surface area contributed by atoms with Crippen molar-refractivity contribution in [2.75, 3.05) is 17.4 Å². The Bertz CT molecular complexity index is 1380. The quantitative estimate of drug-likeness (QED) is 0.311. The van der Waals surface area contributed by atoms with Crippen LogP contribution in [0.25, 0.3) is 0 Å². The minimum Gasteiger partial charge on any atom is -0.354 e. The van der Waals surface area contributed by atoms with Crippen molar-refractivity contribution in [3.8, 4) is 0 Å². The van der Waals surface area contributed by atoms with Gasteiger partial charge < -0.3 is 10.2 Å². The summed E-state index contributed by atoms with van der Waals surface area (Å²) in [7, 11) is -4.12. The van der Waals surface area contributed by atoms with Crippen molar-refractivity contribution in [2.45, 2.75) is 45.2 Å². The number of carbonyl (C=O) groups excluding carboxylic acids is 2. The normalized spacial score (nSPS) is 12.2. The molecule has 1 N–H and O–H groups in total. The summed E-state index contributed by atoms with van der Waals surface area (Å²) in [4.78, 5) is 28.4. The molecule has 3 aromatic rings. The number of rotatable bonds is 11. The van der Waals surface area contributed by atoms with E-state index in [0.29, 0.717) is 27.8 Å². The van der Waals surface area contributed by atoms with Crippen LogP contribution in [0.2, 0.25) is 10.0 Å². The molecule has 0 spiro atoms. The lowest BCUT2D eigenvalue weighted by atomic mass is 10.1. The maximum atomic E-state index is 13.9. The Balaban J connectivity index is 2.03. The van der Waals surface area contributed by atoms with Gasteiger partial charge in [-0.05, 0) is 56.2 Å². The predicted octanol–water partition coefficient (Wildman–Crippen LogP) is 5.69. The fourth-order valence-corrected chi connectivity index (χ4v) is 5.80. The van der Waals surface area contributed by atoms with Crippen LogP contribution < -0.4 is 9.62 Å². The number of sulfonamides is 1. The molecule has 0 aliphatic heterocycles. The first-order chi connectivity index (χ1) is 18.4. The first-order valence-electron chi connectivity index (χ1n) is 12.6.